The highest BCUT2D eigenvalue weighted by atomic mass is 32.2. The molecule has 2 fully saturated rings. The molecule has 2 aliphatic rings. The second-order valence-corrected chi connectivity index (χ2v) is 10.7. The zero-order chi connectivity index (χ0) is 24.7. The predicted molar refractivity (Wildman–Crippen MR) is 119 cm³/mol. The minimum absolute atomic E-state index is 0.0181. The van der Waals surface area contributed by atoms with E-state index in [0.29, 0.717) is 12.6 Å². The Morgan fingerprint density at radius 1 is 1.18 bits per heavy atom. The van der Waals surface area contributed by atoms with Gasteiger partial charge in [-0.3, -0.25) is 9.48 Å². The number of amides is 1. The largest absolute Gasteiger partial charge is 0.501 e. The molecule has 4 rings (SSSR count). The van der Waals surface area contributed by atoms with Crippen molar-refractivity contribution in [2.24, 2.45) is 17.4 Å². The van der Waals surface area contributed by atoms with Crippen LogP contribution in [0.5, 0.6) is 0 Å². The molecule has 186 valence electrons. The van der Waals surface area contributed by atoms with E-state index in [0.717, 1.165) is 44.5 Å². The van der Waals surface area contributed by atoms with E-state index in [1.54, 1.807) is 10.9 Å². The van der Waals surface area contributed by atoms with Crippen LogP contribution in [0.1, 0.15) is 42.1 Å². The van der Waals surface area contributed by atoms with Gasteiger partial charge in [-0.05, 0) is 75.5 Å². The van der Waals surface area contributed by atoms with Crippen LogP contribution in [0.3, 0.4) is 0 Å². The molecule has 2 aromatic rings. The number of rotatable bonds is 7. The number of halogens is 3. The van der Waals surface area contributed by atoms with Gasteiger partial charge in [-0.15, -0.1) is 0 Å². The summed E-state index contributed by atoms with van der Waals surface area (Å²) < 4.78 is 63.1. The maximum Gasteiger partial charge on any atom is 0.501 e. The highest BCUT2D eigenvalue weighted by Crippen LogP contribution is 2.38. The summed E-state index contributed by atoms with van der Waals surface area (Å²) in [6, 6.07) is 4.50. The number of hydrogen-bond donors (Lipinski definition) is 3. The van der Waals surface area contributed by atoms with Crippen LogP contribution in [-0.2, 0) is 9.84 Å². The van der Waals surface area contributed by atoms with Crippen molar-refractivity contribution < 1.29 is 26.4 Å². The van der Waals surface area contributed by atoms with Crippen molar-refractivity contribution in [1.29, 1.82) is 0 Å². The first kappa shape index (κ1) is 24.5. The second kappa shape index (κ2) is 9.19. The number of aromatic nitrogens is 2. The van der Waals surface area contributed by atoms with Gasteiger partial charge in [0.2, 0.25) is 0 Å². The number of benzene rings is 1. The van der Waals surface area contributed by atoms with Gasteiger partial charge in [0, 0.05) is 17.9 Å². The van der Waals surface area contributed by atoms with Gasteiger partial charge in [-0.2, -0.15) is 18.3 Å². The van der Waals surface area contributed by atoms with E-state index in [2.05, 4.69) is 15.3 Å². The predicted octanol–water partition coefficient (Wildman–Crippen LogP) is 2.39. The number of nitrogens with one attached hydrogen (secondary N) is 1. The van der Waals surface area contributed by atoms with E-state index in [1.807, 2.05) is 0 Å². The summed E-state index contributed by atoms with van der Waals surface area (Å²) in [7, 11) is -5.45. The summed E-state index contributed by atoms with van der Waals surface area (Å²) in [5, 5.41) is 7.36. The third kappa shape index (κ3) is 4.64. The molecule has 1 aromatic heterocycles. The Morgan fingerprint density at radius 2 is 1.85 bits per heavy atom. The van der Waals surface area contributed by atoms with Crippen molar-refractivity contribution in [3.63, 3.8) is 0 Å². The van der Waals surface area contributed by atoms with E-state index in [1.165, 1.54) is 18.6 Å². The minimum atomic E-state index is -5.45. The number of nitrogens with two attached hydrogens (primary N) is 2. The number of likely N-dealkylation sites (tertiary alicyclic amines) is 1. The number of carbonyl (C=O) groups is 1. The van der Waals surface area contributed by atoms with Gasteiger partial charge >= 0.3 is 5.51 Å². The van der Waals surface area contributed by atoms with Gasteiger partial charge in [-0.25, -0.2) is 8.42 Å². The lowest BCUT2D eigenvalue weighted by atomic mass is 9.80. The van der Waals surface area contributed by atoms with Crippen LogP contribution in [0.2, 0.25) is 0 Å². The number of anilines is 2. The third-order valence-corrected chi connectivity index (χ3v) is 8.20. The smallest absolute Gasteiger partial charge is 0.365 e. The van der Waals surface area contributed by atoms with Crippen LogP contribution in [0.25, 0.3) is 0 Å². The van der Waals surface area contributed by atoms with Gasteiger partial charge in [0.05, 0.1) is 10.9 Å². The summed E-state index contributed by atoms with van der Waals surface area (Å²) in [5.74, 6) is -0.414. The van der Waals surface area contributed by atoms with E-state index < -0.39 is 26.1 Å². The quantitative estimate of drug-likeness (QED) is 0.531. The highest BCUT2D eigenvalue weighted by molar-refractivity contribution is 7.92. The van der Waals surface area contributed by atoms with Gasteiger partial charge in [0.1, 0.15) is 5.56 Å². The zero-order valence-electron chi connectivity index (χ0n) is 18.3. The Balaban J connectivity index is 1.54. The fraction of sp³-hybridized carbons (Fsp3) is 0.524. The van der Waals surface area contributed by atoms with Gasteiger partial charge in [-0.1, -0.05) is 0 Å². The standard InChI is InChI=1S/C21H27F3N6O3S/c22-21(23,24)34(32,33)16-5-2-14(3-6-16)27-20-17(19(26)31)12-30(28-20)18-7-4-15(10-13(18)11-25)29-8-1-9-29/h2-3,5-6,12-13,15,18H,1,4,7-11,25H2,(H2,26,31)(H,27,28)/t13-,15-,18+/m1/s1. The molecule has 1 saturated heterocycles. The molecule has 1 aliphatic carbocycles. The van der Waals surface area contributed by atoms with Crippen LogP contribution in [0.4, 0.5) is 24.7 Å². The fourth-order valence-electron chi connectivity index (χ4n) is 4.68. The van der Waals surface area contributed by atoms with Crippen molar-refractivity contribution in [2.75, 3.05) is 25.0 Å². The van der Waals surface area contributed by atoms with E-state index >= 15 is 0 Å². The minimum Gasteiger partial charge on any atom is -0.365 e. The molecular formula is C21H27F3N6O3S. The molecule has 13 heteroatoms. The molecule has 0 radical (unpaired) electrons. The molecule has 2 heterocycles. The molecule has 1 amide bonds. The summed E-state index contributed by atoms with van der Waals surface area (Å²) in [4.78, 5) is 13.6. The highest BCUT2D eigenvalue weighted by Gasteiger charge is 2.46. The number of alkyl halides is 3. The summed E-state index contributed by atoms with van der Waals surface area (Å²) in [6.45, 7) is 2.69. The van der Waals surface area contributed by atoms with Gasteiger partial charge < -0.3 is 21.7 Å². The van der Waals surface area contributed by atoms with Crippen LogP contribution in [0, 0.1) is 5.92 Å². The monoisotopic (exact) mass is 500 g/mol. The molecule has 1 aromatic carbocycles. The molecule has 34 heavy (non-hydrogen) atoms. The van der Waals surface area contributed by atoms with Crippen LogP contribution in [0.15, 0.2) is 35.4 Å². The summed E-state index contributed by atoms with van der Waals surface area (Å²) >= 11 is 0. The maximum absolute atomic E-state index is 12.8. The Bertz CT molecular complexity index is 1150. The molecule has 1 aliphatic heterocycles. The van der Waals surface area contributed by atoms with Crippen molar-refractivity contribution in [3.05, 3.63) is 36.0 Å². The topological polar surface area (TPSA) is 136 Å². The molecule has 1 saturated carbocycles. The molecule has 0 spiro atoms. The lowest BCUT2D eigenvalue weighted by molar-refractivity contribution is -0.0436. The first-order valence-corrected chi connectivity index (χ1v) is 12.5. The Morgan fingerprint density at radius 3 is 2.38 bits per heavy atom. The first-order valence-electron chi connectivity index (χ1n) is 11.0. The average Bonchev–Trinajstić information content (AvgIpc) is 3.16. The van der Waals surface area contributed by atoms with E-state index in [4.69, 9.17) is 11.5 Å². The summed E-state index contributed by atoms with van der Waals surface area (Å²) in [5.41, 5.74) is 6.57. The molecular weight excluding hydrogens is 473 g/mol. The Kier molecular flexibility index (Phi) is 6.62. The van der Waals surface area contributed by atoms with Crippen molar-refractivity contribution in [1.82, 2.24) is 14.7 Å². The third-order valence-electron chi connectivity index (χ3n) is 6.69. The number of carbonyl (C=O) groups excluding carboxylic acids is 1. The average molecular weight is 501 g/mol. The SMILES string of the molecule is NC[C@H]1C[C@H](N2CCC2)CC[C@@H]1n1cc(C(N)=O)c(Nc2ccc(S(=O)(=O)C(F)(F)F)cc2)n1. The van der Waals surface area contributed by atoms with Crippen LogP contribution in [-0.4, -0.2) is 60.2 Å². The number of hydrogen-bond acceptors (Lipinski definition) is 7. The molecule has 0 bridgehead atoms. The van der Waals surface area contributed by atoms with Crippen molar-refractivity contribution in [3.8, 4) is 0 Å². The van der Waals surface area contributed by atoms with Crippen LogP contribution < -0.4 is 16.8 Å². The fourth-order valence-corrected chi connectivity index (χ4v) is 5.45. The Hall–Kier alpha value is -2.64. The number of nitrogens with zero attached hydrogens (tertiary/aromatic N) is 3. The molecule has 9 nitrogen and oxygen atoms in total. The Labute approximate surface area is 195 Å². The number of sulfone groups is 1. The second-order valence-electron chi connectivity index (χ2n) is 8.75. The zero-order valence-corrected chi connectivity index (χ0v) is 19.1. The normalized spacial score (nSPS) is 23.9. The van der Waals surface area contributed by atoms with Gasteiger partial charge in [0.25, 0.3) is 15.7 Å². The lowest BCUT2D eigenvalue weighted by Crippen LogP contribution is -2.49. The molecule has 3 atom stereocenters. The van der Waals surface area contributed by atoms with Crippen molar-refractivity contribution in [2.45, 2.75) is 48.2 Å². The lowest BCUT2D eigenvalue weighted by Gasteiger charge is -2.44. The maximum atomic E-state index is 12.8. The van der Waals surface area contributed by atoms with E-state index in [-0.39, 0.29) is 29.0 Å². The van der Waals surface area contributed by atoms with E-state index in [9.17, 15) is 26.4 Å². The first-order chi connectivity index (χ1) is 16.0. The summed E-state index contributed by atoms with van der Waals surface area (Å²) in [6.07, 6.45) is 5.54. The van der Waals surface area contributed by atoms with Gasteiger partial charge in [0.15, 0.2) is 5.82 Å². The number of primary amides is 1. The molecule has 0 unspecified atom stereocenters. The van der Waals surface area contributed by atoms with Crippen LogP contribution >= 0.6 is 0 Å². The molecule has 5 N–H and O–H groups in total. The van der Waals surface area contributed by atoms with Crippen molar-refractivity contribution >= 4 is 27.2 Å².